The van der Waals surface area contributed by atoms with Crippen molar-refractivity contribution in [3.8, 4) is 0 Å². The second kappa shape index (κ2) is 6.43. The summed E-state index contributed by atoms with van der Waals surface area (Å²) in [6, 6.07) is 4.91. The lowest BCUT2D eigenvalue weighted by molar-refractivity contribution is 0.258. The van der Waals surface area contributed by atoms with Gasteiger partial charge < -0.3 is 5.73 Å². The lowest BCUT2D eigenvalue weighted by atomic mass is 9.96. The number of nitrogens with two attached hydrogens (primary N) is 1. The van der Waals surface area contributed by atoms with E-state index in [2.05, 4.69) is 0 Å². The van der Waals surface area contributed by atoms with Gasteiger partial charge in [-0.3, -0.25) is 0 Å². The summed E-state index contributed by atoms with van der Waals surface area (Å²) < 4.78 is 27.0. The summed E-state index contributed by atoms with van der Waals surface area (Å²) in [5.41, 5.74) is 6.28. The number of hydrogen-bond acceptors (Lipinski definition) is 3. The van der Waals surface area contributed by atoms with Crippen molar-refractivity contribution in [2.45, 2.75) is 31.1 Å². The summed E-state index contributed by atoms with van der Waals surface area (Å²) in [6.45, 7) is 3.55. The largest absolute Gasteiger partial charge is 0.330 e. The van der Waals surface area contributed by atoms with Gasteiger partial charge in [0, 0.05) is 18.1 Å². The molecule has 2 N–H and O–H groups in total. The summed E-state index contributed by atoms with van der Waals surface area (Å²) in [4.78, 5) is 0.357. The average Bonchev–Trinajstić information content (AvgIpc) is 2.39. The van der Waals surface area contributed by atoms with Gasteiger partial charge in [-0.25, -0.2) is 8.42 Å². The van der Waals surface area contributed by atoms with Crippen LogP contribution >= 0.6 is 11.6 Å². The van der Waals surface area contributed by atoms with Gasteiger partial charge in [0.1, 0.15) is 0 Å². The number of benzene rings is 1. The molecule has 1 aliphatic heterocycles. The van der Waals surface area contributed by atoms with E-state index >= 15 is 0 Å². The lowest BCUT2D eigenvalue weighted by Crippen LogP contribution is -2.40. The van der Waals surface area contributed by atoms with Gasteiger partial charge >= 0.3 is 0 Å². The molecule has 0 aromatic heterocycles. The van der Waals surface area contributed by atoms with Gasteiger partial charge in [0.15, 0.2) is 0 Å². The molecule has 112 valence electrons. The Hall–Kier alpha value is -0.620. The van der Waals surface area contributed by atoms with Gasteiger partial charge in [-0.05, 0) is 62.4 Å². The summed E-state index contributed by atoms with van der Waals surface area (Å²) in [5, 5.41) is 0.557. The number of hydrogen-bond donors (Lipinski definition) is 1. The standard InChI is InChI=1S/C14H21ClN2O2S/c1-11-9-13(15)4-5-14(11)20(18,19)17-8-2-3-12(10-17)6-7-16/h4-5,9,12H,2-3,6-8,10,16H2,1H3. The third-order valence-corrected chi connectivity index (χ3v) is 6.07. The van der Waals surface area contributed by atoms with Crippen LogP contribution in [0.3, 0.4) is 0 Å². The summed E-state index contributed by atoms with van der Waals surface area (Å²) >= 11 is 5.89. The highest BCUT2D eigenvalue weighted by Gasteiger charge is 2.30. The molecule has 1 aromatic rings. The Labute approximate surface area is 126 Å². The normalized spacial score (nSPS) is 21.1. The van der Waals surface area contributed by atoms with Gasteiger partial charge in [0.25, 0.3) is 0 Å². The highest BCUT2D eigenvalue weighted by atomic mass is 35.5. The monoisotopic (exact) mass is 316 g/mol. The molecule has 0 spiro atoms. The highest BCUT2D eigenvalue weighted by molar-refractivity contribution is 7.89. The van der Waals surface area contributed by atoms with Crippen molar-refractivity contribution in [2.75, 3.05) is 19.6 Å². The van der Waals surface area contributed by atoms with Crippen molar-refractivity contribution in [2.24, 2.45) is 11.7 Å². The predicted molar refractivity (Wildman–Crippen MR) is 81.3 cm³/mol. The van der Waals surface area contributed by atoms with E-state index < -0.39 is 10.0 Å². The van der Waals surface area contributed by atoms with Gasteiger partial charge in [-0.15, -0.1) is 0 Å². The van der Waals surface area contributed by atoms with Gasteiger partial charge in [-0.2, -0.15) is 4.31 Å². The molecule has 1 aromatic carbocycles. The van der Waals surface area contributed by atoms with E-state index in [-0.39, 0.29) is 0 Å². The van der Waals surface area contributed by atoms with Crippen LogP contribution in [0, 0.1) is 12.8 Å². The number of rotatable bonds is 4. The molecule has 1 fully saturated rings. The highest BCUT2D eigenvalue weighted by Crippen LogP contribution is 2.27. The van der Waals surface area contributed by atoms with Crippen LogP contribution in [0.5, 0.6) is 0 Å². The Morgan fingerprint density at radius 1 is 1.45 bits per heavy atom. The first-order valence-electron chi connectivity index (χ1n) is 6.91. The van der Waals surface area contributed by atoms with Gasteiger partial charge in [0.05, 0.1) is 4.90 Å². The fourth-order valence-corrected chi connectivity index (χ4v) is 4.75. The maximum atomic E-state index is 12.7. The Bertz CT molecular complexity index is 573. The smallest absolute Gasteiger partial charge is 0.243 e. The molecular weight excluding hydrogens is 296 g/mol. The van der Waals surface area contributed by atoms with E-state index in [0.29, 0.717) is 41.0 Å². The second-order valence-electron chi connectivity index (χ2n) is 5.36. The molecule has 0 amide bonds. The lowest BCUT2D eigenvalue weighted by Gasteiger charge is -2.32. The van der Waals surface area contributed by atoms with E-state index in [1.807, 2.05) is 0 Å². The maximum absolute atomic E-state index is 12.7. The molecule has 1 heterocycles. The third kappa shape index (κ3) is 3.34. The summed E-state index contributed by atoms with van der Waals surface area (Å²) in [5.74, 6) is 0.371. The van der Waals surface area contributed by atoms with Crippen LogP contribution < -0.4 is 5.73 Å². The van der Waals surface area contributed by atoms with Crippen molar-refractivity contribution in [3.63, 3.8) is 0 Å². The van der Waals surface area contributed by atoms with E-state index in [1.165, 1.54) is 0 Å². The van der Waals surface area contributed by atoms with E-state index in [1.54, 1.807) is 29.4 Å². The summed E-state index contributed by atoms with van der Waals surface area (Å²) in [6.07, 6.45) is 2.84. The van der Waals surface area contributed by atoms with Crippen LogP contribution in [-0.2, 0) is 10.0 Å². The Kier molecular flexibility index (Phi) is 5.07. The van der Waals surface area contributed by atoms with E-state index in [9.17, 15) is 8.42 Å². The second-order valence-corrected chi connectivity index (χ2v) is 7.70. The molecular formula is C14H21ClN2O2S. The Balaban J connectivity index is 2.25. The number of sulfonamides is 1. The molecule has 6 heteroatoms. The summed E-state index contributed by atoms with van der Waals surface area (Å²) in [7, 11) is -3.43. The van der Waals surface area contributed by atoms with E-state index in [4.69, 9.17) is 17.3 Å². The van der Waals surface area contributed by atoms with Crippen LogP contribution in [0.2, 0.25) is 5.02 Å². The van der Waals surface area contributed by atoms with Crippen LogP contribution in [0.25, 0.3) is 0 Å². The molecule has 1 saturated heterocycles. The van der Waals surface area contributed by atoms with Crippen LogP contribution in [0.4, 0.5) is 0 Å². The minimum atomic E-state index is -3.43. The van der Waals surface area contributed by atoms with Crippen LogP contribution in [-0.4, -0.2) is 32.4 Å². The topological polar surface area (TPSA) is 63.4 Å². The van der Waals surface area contributed by atoms with Crippen molar-refractivity contribution in [1.29, 1.82) is 0 Å². The number of halogens is 1. The third-order valence-electron chi connectivity index (χ3n) is 3.81. The van der Waals surface area contributed by atoms with Crippen molar-refractivity contribution >= 4 is 21.6 Å². The van der Waals surface area contributed by atoms with E-state index in [0.717, 1.165) is 19.3 Å². The van der Waals surface area contributed by atoms with Crippen molar-refractivity contribution in [3.05, 3.63) is 28.8 Å². The first kappa shape index (κ1) is 15.8. The number of nitrogens with zero attached hydrogens (tertiary/aromatic N) is 1. The molecule has 1 atom stereocenters. The molecule has 0 radical (unpaired) electrons. The Morgan fingerprint density at radius 3 is 2.85 bits per heavy atom. The maximum Gasteiger partial charge on any atom is 0.243 e. The van der Waals surface area contributed by atoms with Gasteiger partial charge in [-0.1, -0.05) is 11.6 Å². The zero-order valence-corrected chi connectivity index (χ0v) is 13.3. The molecule has 1 aliphatic rings. The zero-order valence-electron chi connectivity index (χ0n) is 11.7. The molecule has 0 aliphatic carbocycles. The first-order valence-corrected chi connectivity index (χ1v) is 8.73. The minimum absolute atomic E-state index is 0.357. The van der Waals surface area contributed by atoms with Crippen LogP contribution in [0.15, 0.2) is 23.1 Å². The molecule has 2 rings (SSSR count). The molecule has 0 saturated carbocycles. The number of aryl methyl sites for hydroxylation is 1. The fourth-order valence-electron chi connectivity index (χ4n) is 2.76. The fraction of sp³-hybridized carbons (Fsp3) is 0.571. The molecule has 4 nitrogen and oxygen atoms in total. The molecule has 0 bridgehead atoms. The minimum Gasteiger partial charge on any atom is -0.330 e. The molecule has 20 heavy (non-hydrogen) atoms. The van der Waals surface area contributed by atoms with Gasteiger partial charge in [0.2, 0.25) is 10.0 Å². The van der Waals surface area contributed by atoms with Crippen molar-refractivity contribution < 1.29 is 8.42 Å². The Morgan fingerprint density at radius 2 is 2.20 bits per heavy atom. The van der Waals surface area contributed by atoms with Crippen molar-refractivity contribution in [1.82, 2.24) is 4.31 Å². The first-order chi connectivity index (χ1) is 9.45. The quantitative estimate of drug-likeness (QED) is 0.927. The average molecular weight is 317 g/mol. The zero-order chi connectivity index (χ0) is 14.8. The number of piperidine rings is 1. The molecule has 1 unspecified atom stereocenters. The predicted octanol–water partition coefficient (Wildman–Crippen LogP) is 2.40. The SMILES string of the molecule is Cc1cc(Cl)ccc1S(=O)(=O)N1CCCC(CCN)C1. The van der Waals surface area contributed by atoms with Crippen LogP contribution in [0.1, 0.15) is 24.8 Å².